The SMILES string of the molecule is OC[C@@H](Nc1cncc(Br)c1)c1ccccc1Cl. The fourth-order valence-electron chi connectivity index (χ4n) is 1.67. The van der Waals surface area contributed by atoms with E-state index in [1.54, 1.807) is 18.5 Å². The van der Waals surface area contributed by atoms with E-state index in [-0.39, 0.29) is 12.6 Å². The summed E-state index contributed by atoms with van der Waals surface area (Å²) in [6, 6.07) is 9.09. The van der Waals surface area contributed by atoms with Gasteiger partial charge in [0.15, 0.2) is 0 Å². The quantitative estimate of drug-likeness (QED) is 0.901. The van der Waals surface area contributed by atoms with E-state index in [1.165, 1.54) is 0 Å². The number of nitrogens with zero attached hydrogens (tertiary/aromatic N) is 1. The Bertz CT molecular complexity index is 536. The van der Waals surface area contributed by atoms with E-state index in [2.05, 4.69) is 26.2 Å². The van der Waals surface area contributed by atoms with Gasteiger partial charge in [-0.15, -0.1) is 0 Å². The maximum absolute atomic E-state index is 9.48. The van der Waals surface area contributed by atoms with Crippen LogP contribution in [0.2, 0.25) is 5.02 Å². The highest BCUT2D eigenvalue weighted by Crippen LogP contribution is 2.26. The Hall–Kier alpha value is -1.10. The van der Waals surface area contributed by atoms with E-state index in [1.807, 2.05) is 24.3 Å². The number of benzene rings is 1. The van der Waals surface area contributed by atoms with E-state index in [4.69, 9.17) is 11.6 Å². The van der Waals surface area contributed by atoms with Crippen molar-refractivity contribution in [3.63, 3.8) is 0 Å². The molecule has 0 unspecified atom stereocenters. The van der Waals surface area contributed by atoms with Gasteiger partial charge in [-0.25, -0.2) is 0 Å². The molecule has 0 spiro atoms. The first-order valence-electron chi connectivity index (χ1n) is 5.43. The minimum absolute atomic E-state index is 0.0454. The second-order valence-corrected chi connectivity index (χ2v) is 5.12. The highest BCUT2D eigenvalue weighted by atomic mass is 79.9. The first-order valence-corrected chi connectivity index (χ1v) is 6.60. The van der Waals surface area contributed by atoms with Gasteiger partial charge in [-0.05, 0) is 33.6 Å². The third-order valence-corrected chi connectivity index (χ3v) is 3.29. The highest BCUT2D eigenvalue weighted by Gasteiger charge is 2.13. The molecular weight excluding hydrogens is 316 g/mol. The molecule has 0 amide bonds. The molecule has 3 nitrogen and oxygen atoms in total. The zero-order valence-corrected chi connectivity index (χ0v) is 11.8. The Morgan fingerprint density at radius 1 is 1.33 bits per heavy atom. The summed E-state index contributed by atoms with van der Waals surface area (Å²) in [4.78, 5) is 4.06. The average molecular weight is 328 g/mol. The number of nitrogens with one attached hydrogen (secondary N) is 1. The van der Waals surface area contributed by atoms with Crippen LogP contribution >= 0.6 is 27.5 Å². The first kappa shape index (κ1) is 13.3. The molecule has 1 atom stereocenters. The van der Waals surface area contributed by atoms with Gasteiger partial charge in [-0.1, -0.05) is 29.8 Å². The third kappa shape index (κ3) is 3.22. The third-order valence-electron chi connectivity index (χ3n) is 2.51. The molecule has 0 radical (unpaired) electrons. The Morgan fingerprint density at radius 2 is 2.11 bits per heavy atom. The molecule has 1 aromatic heterocycles. The number of aromatic nitrogens is 1. The van der Waals surface area contributed by atoms with Gasteiger partial charge in [-0.3, -0.25) is 4.98 Å². The largest absolute Gasteiger partial charge is 0.394 e. The zero-order chi connectivity index (χ0) is 13.0. The van der Waals surface area contributed by atoms with Crippen molar-refractivity contribution < 1.29 is 5.11 Å². The number of aliphatic hydroxyl groups is 1. The van der Waals surface area contributed by atoms with Gasteiger partial charge in [0.05, 0.1) is 24.5 Å². The van der Waals surface area contributed by atoms with Gasteiger partial charge < -0.3 is 10.4 Å². The molecule has 0 bridgehead atoms. The van der Waals surface area contributed by atoms with E-state index >= 15 is 0 Å². The van der Waals surface area contributed by atoms with Crippen molar-refractivity contribution in [1.29, 1.82) is 0 Å². The lowest BCUT2D eigenvalue weighted by molar-refractivity contribution is 0.276. The molecule has 94 valence electrons. The predicted octanol–water partition coefficient (Wildman–Crippen LogP) is 3.64. The fourth-order valence-corrected chi connectivity index (χ4v) is 2.30. The van der Waals surface area contributed by atoms with Crippen LogP contribution in [-0.4, -0.2) is 16.7 Å². The summed E-state index contributed by atoms with van der Waals surface area (Å²) >= 11 is 9.47. The van der Waals surface area contributed by atoms with Gasteiger partial charge in [0.2, 0.25) is 0 Å². The number of aliphatic hydroxyl groups excluding tert-OH is 1. The molecule has 0 aliphatic carbocycles. The van der Waals surface area contributed by atoms with Gasteiger partial charge in [0.25, 0.3) is 0 Å². The van der Waals surface area contributed by atoms with Crippen molar-refractivity contribution in [2.75, 3.05) is 11.9 Å². The van der Waals surface area contributed by atoms with Crippen molar-refractivity contribution in [1.82, 2.24) is 4.98 Å². The molecular formula is C13H12BrClN2O. The van der Waals surface area contributed by atoms with Crippen LogP contribution in [0.4, 0.5) is 5.69 Å². The number of pyridine rings is 1. The number of hydrogen-bond acceptors (Lipinski definition) is 3. The molecule has 0 fully saturated rings. The van der Waals surface area contributed by atoms with Crippen molar-refractivity contribution in [2.45, 2.75) is 6.04 Å². The summed E-state index contributed by atoms with van der Waals surface area (Å²) in [5, 5.41) is 13.3. The van der Waals surface area contributed by atoms with Crippen LogP contribution in [-0.2, 0) is 0 Å². The number of rotatable bonds is 4. The Morgan fingerprint density at radius 3 is 2.78 bits per heavy atom. The zero-order valence-electron chi connectivity index (χ0n) is 9.48. The standard InChI is InChI=1S/C13H12BrClN2O/c14-9-5-10(7-16-6-9)17-13(8-18)11-3-1-2-4-12(11)15/h1-7,13,17-18H,8H2/t13-/m1/s1. The monoisotopic (exact) mass is 326 g/mol. The number of anilines is 1. The lowest BCUT2D eigenvalue weighted by atomic mass is 10.1. The van der Waals surface area contributed by atoms with Crippen molar-refractivity contribution in [3.8, 4) is 0 Å². The summed E-state index contributed by atoms with van der Waals surface area (Å²) in [6.07, 6.45) is 3.40. The summed E-state index contributed by atoms with van der Waals surface area (Å²) in [6.45, 7) is -0.0454. The van der Waals surface area contributed by atoms with Crippen LogP contribution in [0.15, 0.2) is 47.2 Å². The van der Waals surface area contributed by atoms with Gasteiger partial charge in [-0.2, -0.15) is 0 Å². The molecule has 2 aromatic rings. The highest BCUT2D eigenvalue weighted by molar-refractivity contribution is 9.10. The van der Waals surface area contributed by atoms with Crippen LogP contribution in [0.3, 0.4) is 0 Å². The topological polar surface area (TPSA) is 45.1 Å². The van der Waals surface area contributed by atoms with E-state index in [9.17, 15) is 5.11 Å². The normalized spacial score (nSPS) is 12.2. The van der Waals surface area contributed by atoms with Crippen LogP contribution in [0.5, 0.6) is 0 Å². The molecule has 0 aliphatic rings. The van der Waals surface area contributed by atoms with E-state index in [0.717, 1.165) is 15.7 Å². The van der Waals surface area contributed by atoms with Gasteiger partial charge in [0, 0.05) is 15.7 Å². The van der Waals surface area contributed by atoms with Gasteiger partial charge in [0.1, 0.15) is 0 Å². The Balaban J connectivity index is 2.23. The molecule has 2 N–H and O–H groups in total. The molecule has 0 aliphatic heterocycles. The molecule has 0 saturated heterocycles. The Labute approximate surface area is 119 Å². The summed E-state index contributed by atoms with van der Waals surface area (Å²) in [7, 11) is 0. The fraction of sp³-hybridized carbons (Fsp3) is 0.154. The second-order valence-electron chi connectivity index (χ2n) is 3.79. The second kappa shape index (κ2) is 6.18. The smallest absolute Gasteiger partial charge is 0.0759 e. The molecule has 1 aromatic carbocycles. The summed E-state index contributed by atoms with van der Waals surface area (Å²) < 4.78 is 0.878. The molecule has 2 rings (SSSR count). The Kier molecular flexibility index (Phi) is 4.58. The van der Waals surface area contributed by atoms with E-state index in [0.29, 0.717) is 5.02 Å². The van der Waals surface area contributed by atoms with Crippen molar-refractivity contribution >= 4 is 33.2 Å². The summed E-state index contributed by atoms with van der Waals surface area (Å²) in [5.41, 5.74) is 1.69. The minimum Gasteiger partial charge on any atom is -0.394 e. The van der Waals surface area contributed by atoms with Gasteiger partial charge >= 0.3 is 0 Å². The molecule has 1 heterocycles. The molecule has 18 heavy (non-hydrogen) atoms. The predicted molar refractivity (Wildman–Crippen MR) is 76.8 cm³/mol. The van der Waals surface area contributed by atoms with Crippen LogP contribution in [0.1, 0.15) is 11.6 Å². The maximum Gasteiger partial charge on any atom is 0.0759 e. The summed E-state index contributed by atoms with van der Waals surface area (Å²) in [5.74, 6) is 0. The van der Waals surface area contributed by atoms with Crippen molar-refractivity contribution in [3.05, 3.63) is 57.8 Å². The minimum atomic E-state index is -0.255. The van der Waals surface area contributed by atoms with Crippen LogP contribution < -0.4 is 5.32 Å². The number of halogens is 2. The van der Waals surface area contributed by atoms with Crippen LogP contribution in [0, 0.1) is 0 Å². The molecule has 5 heteroatoms. The first-order chi connectivity index (χ1) is 8.70. The van der Waals surface area contributed by atoms with Crippen molar-refractivity contribution in [2.24, 2.45) is 0 Å². The maximum atomic E-state index is 9.48. The average Bonchev–Trinajstić information content (AvgIpc) is 2.37. The lowest BCUT2D eigenvalue weighted by Gasteiger charge is -2.19. The molecule has 0 saturated carbocycles. The number of hydrogen-bond donors (Lipinski definition) is 2. The lowest BCUT2D eigenvalue weighted by Crippen LogP contribution is -2.15. The van der Waals surface area contributed by atoms with E-state index < -0.39 is 0 Å². The van der Waals surface area contributed by atoms with Crippen LogP contribution in [0.25, 0.3) is 0 Å².